The Hall–Kier alpha value is -1.80. The molecule has 0 unspecified atom stereocenters. The number of methoxy groups -OCH3 is 1. The molecule has 1 aromatic rings. The zero-order valence-corrected chi connectivity index (χ0v) is 11.5. The Morgan fingerprint density at radius 1 is 1.33 bits per heavy atom. The highest BCUT2D eigenvalue weighted by molar-refractivity contribution is 5.92. The number of carbonyl (C=O) groups is 1. The molecule has 0 fully saturated rings. The lowest BCUT2D eigenvalue weighted by atomic mass is 10.1. The average Bonchev–Trinajstić information content (AvgIpc) is 2.39. The summed E-state index contributed by atoms with van der Waals surface area (Å²) in [5.74, 6) is -0.334. The van der Waals surface area contributed by atoms with Crippen LogP contribution in [0.4, 0.5) is 18.9 Å². The van der Waals surface area contributed by atoms with Gasteiger partial charge in [-0.05, 0) is 18.2 Å². The minimum atomic E-state index is -4.50. The lowest BCUT2D eigenvalue weighted by molar-refractivity contribution is -0.137. The fourth-order valence-electron chi connectivity index (χ4n) is 1.51. The van der Waals surface area contributed by atoms with Crippen LogP contribution in [0, 0.1) is 0 Å². The zero-order valence-electron chi connectivity index (χ0n) is 11.5. The molecule has 0 saturated carbocycles. The van der Waals surface area contributed by atoms with Gasteiger partial charge in [0, 0.05) is 20.1 Å². The summed E-state index contributed by atoms with van der Waals surface area (Å²) in [6.07, 6.45) is -4.49. The second kappa shape index (κ2) is 7.84. The Kier molecular flexibility index (Phi) is 6.44. The van der Waals surface area contributed by atoms with Crippen molar-refractivity contribution < 1.29 is 27.4 Å². The summed E-state index contributed by atoms with van der Waals surface area (Å²) in [6.45, 7) is 0.531. The number of carbonyl (C=O) groups excluding carboxylic acids is 1. The van der Waals surface area contributed by atoms with E-state index in [0.717, 1.165) is 18.2 Å². The lowest BCUT2D eigenvalue weighted by Crippen LogP contribution is -2.18. The Balaban J connectivity index is 2.97. The van der Waals surface area contributed by atoms with Gasteiger partial charge in [-0.3, -0.25) is 4.79 Å². The first-order valence-electron chi connectivity index (χ1n) is 6.21. The van der Waals surface area contributed by atoms with Crippen molar-refractivity contribution in [1.82, 2.24) is 0 Å². The van der Waals surface area contributed by atoms with Crippen LogP contribution >= 0.6 is 0 Å². The summed E-state index contributed by atoms with van der Waals surface area (Å²) in [5, 5.41) is 2.37. The molecule has 0 bridgehead atoms. The molecule has 0 aliphatic rings. The monoisotopic (exact) mass is 306 g/mol. The molecule has 0 aliphatic carbocycles. The fraction of sp³-hybridized carbons (Fsp3) is 0.462. The molecule has 0 heterocycles. The zero-order chi connectivity index (χ0) is 15.9. The summed E-state index contributed by atoms with van der Waals surface area (Å²) in [4.78, 5) is 11.5. The van der Waals surface area contributed by atoms with E-state index >= 15 is 0 Å². The average molecular weight is 306 g/mol. The standard InChI is InChI=1S/C13H17F3N2O3/c1-20-6-7-21-11-3-2-9(13(14,15)16)8-10(11)18-12(19)4-5-17/h2-3,8H,4-7,17H2,1H3,(H,18,19). The van der Waals surface area contributed by atoms with Gasteiger partial charge in [0.25, 0.3) is 0 Å². The number of nitrogens with two attached hydrogens (primary N) is 1. The smallest absolute Gasteiger partial charge is 0.416 e. The number of anilines is 1. The van der Waals surface area contributed by atoms with Crippen LogP contribution in [-0.4, -0.2) is 32.8 Å². The second-order valence-electron chi connectivity index (χ2n) is 4.14. The van der Waals surface area contributed by atoms with E-state index in [-0.39, 0.29) is 37.6 Å². The highest BCUT2D eigenvalue weighted by atomic mass is 19.4. The molecule has 1 rings (SSSR count). The van der Waals surface area contributed by atoms with Crippen LogP contribution in [0.5, 0.6) is 5.75 Å². The largest absolute Gasteiger partial charge is 0.489 e. The van der Waals surface area contributed by atoms with Gasteiger partial charge in [-0.15, -0.1) is 0 Å². The van der Waals surface area contributed by atoms with Gasteiger partial charge in [0.15, 0.2) is 0 Å². The summed E-state index contributed by atoms with van der Waals surface area (Å²) in [6, 6.07) is 2.88. The number of rotatable bonds is 7. The van der Waals surface area contributed by atoms with Crippen molar-refractivity contribution in [2.75, 3.05) is 32.2 Å². The normalized spacial score (nSPS) is 11.3. The molecule has 8 heteroatoms. The number of ether oxygens (including phenoxy) is 2. The second-order valence-corrected chi connectivity index (χ2v) is 4.14. The first kappa shape index (κ1) is 17.3. The lowest BCUT2D eigenvalue weighted by Gasteiger charge is -2.15. The maximum Gasteiger partial charge on any atom is 0.416 e. The van der Waals surface area contributed by atoms with Crippen molar-refractivity contribution in [2.45, 2.75) is 12.6 Å². The minimum absolute atomic E-state index is 0.00770. The van der Waals surface area contributed by atoms with Gasteiger partial charge < -0.3 is 20.5 Å². The summed E-state index contributed by atoms with van der Waals surface area (Å²) in [7, 11) is 1.47. The third-order valence-electron chi connectivity index (χ3n) is 2.50. The topological polar surface area (TPSA) is 73.6 Å². The SMILES string of the molecule is COCCOc1ccc(C(F)(F)F)cc1NC(=O)CCN. The highest BCUT2D eigenvalue weighted by Gasteiger charge is 2.31. The fourth-order valence-corrected chi connectivity index (χ4v) is 1.51. The maximum atomic E-state index is 12.7. The van der Waals surface area contributed by atoms with Crippen LogP contribution in [0.2, 0.25) is 0 Å². The Morgan fingerprint density at radius 2 is 2.05 bits per heavy atom. The van der Waals surface area contributed by atoms with E-state index in [9.17, 15) is 18.0 Å². The van der Waals surface area contributed by atoms with Gasteiger partial charge >= 0.3 is 6.18 Å². The summed E-state index contributed by atoms with van der Waals surface area (Å²) >= 11 is 0. The van der Waals surface area contributed by atoms with Gasteiger partial charge in [-0.2, -0.15) is 13.2 Å². The van der Waals surface area contributed by atoms with Crippen molar-refractivity contribution in [3.63, 3.8) is 0 Å². The van der Waals surface area contributed by atoms with Crippen molar-refractivity contribution in [3.8, 4) is 5.75 Å². The Labute approximate surface area is 120 Å². The number of amides is 1. The highest BCUT2D eigenvalue weighted by Crippen LogP contribution is 2.35. The van der Waals surface area contributed by atoms with Crippen LogP contribution in [0.1, 0.15) is 12.0 Å². The van der Waals surface area contributed by atoms with Crippen LogP contribution in [-0.2, 0) is 15.7 Å². The molecule has 0 aromatic heterocycles. The van der Waals surface area contributed by atoms with Crippen LogP contribution < -0.4 is 15.8 Å². The molecule has 1 aromatic carbocycles. The quantitative estimate of drug-likeness (QED) is 0.756. The molecule has 0 radical (unpaired) electrons. The van der Waals surface area contributed by atoms with E-state index in [2.05, 4.69) is 5.32 Å². The van der Waals surface area contributed by atoms with Crippen LogP contribution in [0.3, 0.4) is 0 Å². The number of nitrogens with one attached hydrogen (secondary N) is 1. The van der Waals surface area contributed by atoms with Gasteiger partial charge in [0.2, 0.25) is 5.91 Å². The van der Waals surface area contributed by atoms with Crippen molar-refractivity contribution in [2.24, 2.45) is 5.73 Å². The molecule has 118 valence electrons. The predicted octanol–water partition coefficient (Wildman–Crippen LogP) is 2.02. The number of hydrogen-bond donors (Lipinski definition) is 2. The third-order valence-corrected chi connectivity index (χ3v) is 2.50. The number of hydrogen-bond acceptors (Lipinski definition) is 4. The first-order chi connectivity index (χ1) is 9.88. The molecule has 0 saturated heterocycles. The van der Waals surface area contributed by atoms with Crippen molar-refractivity contribution in [3.05, 3.63) is 23.8 Å². The third kappa shape index (κ3) is 5.60. The Morgan fingerprint density at radius 3 is 2.62 bits per heavy atom. The molecule has 0 aliphatic heterocycles. The van der Waals surface area contributed by atoms with Crippen LogP contribution in [0.25, 0.3) is 0 Å². The molecule has 1 amide bonds. The van der Waals surface area contributed by atoms with Gasteiger partial charge in [0.05, 0.1) is 17.9 Å². The van der Waals surface area contributed by atoms with E-state index in [1.165, 1.54) is 7.11 Å². The van der Waals surface area contributed by atoms with E-state index in [1.807, 2.05) is 0 Å². The molecular formula is C13H17F3N2O3. The van der Waals surface area contributed by atoms with E-state index in [4.69, 9.17) is 15.2 Å². The van der Waals surface area contributed by atoms with E-state index in [0.29, 0.717) is 0 Å². The number of benzene rings is 1. The first-order valence-corrected chi connectivity index (χ1v) is 6.21. The van der Waals surface area contributed by atoms with Gasteiger partial charge in [-0.1, -0.05) is 0 Å². The molecule has 0 spiro atoms. The molecule has 3 N–H and O–H groups in total. The maximum absolute atomic E-state index is 12.7. The van der Waals surface area contributed by atoms with Gasteiger partial charge in [-0.25, -0.2) is 0 Å². The van der Waals surface area contributed by atoms with Gasteiger partial charge in [0.1, 0.15) is 12.4 Å². The van der Waals surface area contributed by atoms with Crippen molar-refractivity contribution in [1.29, 1.82) is 0 Å². The van der Waals surface area contributed by atoms with E-state index < -0.39 is 17.6 Å². The minimum Gasteiger partial charge on any atom is -0.489 e. The molecule has 21 heavy (non-hydrogen) atoms. The Bertz CT molecular complexity index is 478. The van der Waals surface area contributed by atoms with Crippen molar-refractivity contribution >= 4 is 11.6 Å². The summed E-state index contributed by atoms with van der Waals surface area (Å²) in [5.41, 5.74) is 4.32. The predicted molar refractivity (Wildman–Crippen MR) is 71.1 cm³/mol. The molecule has 5 nitrogen and oxygen atoms in total. The number of halogens is 3. The molecular weight excluding hydrogens is 289 g/mol. The number of alkyl halides is 3. The molecule has 0 atom stereocenters. The summed E-state index contributed by atoms with van der Waals surface area (Å²) < 4.78 is 48.2. The van der Waals surface area contributed by atoms with E-state index in [1.54, 1.807) is 0 Å². The van der Waals surface area contributed by atoms with Crippen LogP contribution in [0.15, 0.2) is 18.2 Å².